The van der Waals surface area contributed by atoms with E-state index in [2.05, 4.69) is 10.6 Å². The van der Waals surface area contributed by atoms with Crippen molar-refractivity contribution in [1.29, 1.82) is 0 Å². The van der Waals surface area contributed by atoms with Crippen LogP contribution in [-0.4, -0.2) is 28.1 Å². The Bertz CT molecular complexity index is 1200. The molecule has 0 spiro atoms. The van der Waals surface area contributed by atoms with Crippen molar-refractivity contribution in [1.82, 2.24) is 0 Å². The third-order valence-corrected chi connectivity index (χ3v) is 6.74. The predicted octanol–water partition coefficient (Wildman–Crippen LogP) is 6.38. The van der Waals surface area contributed by atoms with Gasteiger partial charge in [0.2, 0.25) is 11.8 Å². The molecule has 0 heterocycles. The molecule has 0 radical (unpaired) electrons. The van der Waals surface area contributed by atoms with Crippen LogP contribution in [0.15, 0.2) is 71.6 Å². The van der Waals surface area contributed by atoms with E-state index in [-0.39, 0.29) is 28.8 Å². The topological polar surface area (TPSA) is 95.5 Å². The van der Waals surface area contributed by atoms with Crippen LogP contribution in [-0.2, 0) is 16.0 Å². The maximum Gasteiger partial charge on any atom is 0.337 e. The molecule has 6 nitrogen and oxygen atoms in total. The average molecular weight is 517 g/mol. The fourth-order valence-corrected chi connectivity index (χ4v) is 4.45. The van der Waals surface area contributed by atoms with Crippen molar-refractivity contribution in [2.24, 2.45) is 0 Å². The van der Waals surface area contributed by atoms with Crippen LogP contribution in [0.3, 0.4) is 0 Å². The number of benzene rings is 3. The summed E-state index contributed by atoms with van der Waals surface area (Å²) in [4.78, 5) is 37.3. The first kappa shape index (κ1) is 25.6. The van der Waals surface area contributed by atoms with E-state index in [9.17, 15) is 19.5 Å². The standard InChI is InChI=1S/C25H22Cl2N2O4S/c1-2-22(24(31)29-18-10-11-21(27)20(14-18)25(32)33)34-19-5-3-4-17(13-19)28-23(30)12-15-6-8-16(26)9-7-15/h3-11,13-14,22H,2,12H2,1H3,(H,28,30)(H,29,31)(H,32,33). The number of carboxylic acid groups (broad SMARTS) is 1. The summed E-state index contributed by atoms with van der Waals surface area (Å²) in [5.74, 6) is -1.59. The molecule has 0 bridgehead atoms. The van der Waals surface area contributed by atoms with Crippen LogP contribution in [0.2, 0.25) is 10.0 Å². The van der Waals surface area contributed by atoms with Crippen molar-refractivity contribution < 1.29 is 19.5 Å². The van der Waals surface area contributed by atoms with Crippen molar-refractivity contribution >= 4 is 64.1 Å². The number of carbonyl (C=O) groups is 3. The lowest BCUT2D eigenvalue weighted by atomic mass is 10.1. The van der Waals surface area contributed by atoms with Gasteiger partial charge in [0.15, 0.2) is 0 Å². The fourth-order valence-electron chi connectivity index (χ4n) is 3.12. The molecule has 3 N–H and O–H groups in total. The number of hydrogen-bond donors (Lipinski definition) is 3. The van der Waals surface area contributed by atoms with E-state index in [0.717, 1.165) is 10.5 Å². The molecule has 9 heteroatoms. The van der Waals surface area contributed by atoms with Gasteiger partial charge < -0.3 is 15.7 Å². The summed E-state index contributed by atoms with van der Waals surface area (Å²) in [6.45, 7) is 1.89. The van der Waals surface area contributed by atoms with E-state index in [4.69, 9.17) is 23.2 Å². The summed E-state index contributed by atoms with van der Waals surface area (Å²) in [5.41, 5.74) is 1.75. The second kappa shape index (κ2) is 11.9. The molecule has 0 aliphatic heterocycles. The molecule has 3 rings (SSSR count). The van der Waals surface area contributed by atoms with Crippen LogP contribution in [0.1, 0.15) is 29.3 Å². The largest absolute Gasteiger partial charge is 0.478 e. The Hall–Kier alpha value is -3.00. The van der Waals surface area contributed by atoms with Crippen molar-refractivity contribution in [2.75, 3.05) is 10.6 Å². The third-order valence-electron chi connectivity index (χ3n) is 4.80. The van der Waals surface area contributed by atoms with Gasteiger partial charge in [-0.25, -0.2) is 4.79 Å². The molecule has 0 saturated heterocycles. The molecular formula is C25H22Cl2N2O4S. The molecule has 0 aliphatic carbocycles. The Balaban J connectivity index is 1.63. The minimum Gasteiger partial charge on any atom is -0.478 e. The Morgan fingerprint density at radius 3 is 2.32 bits per heavy atom. The Morgan fingerprint density at radius 1 is 0.941 bits per heavy atom. The van der Waals surface area contributed by atoms with Crippen molar-refractivity contribution in [2.45, 2.75) is 29.9 Å². The van der Waals surface area contributed by atoms with Crippen molar-refractivity contribution in [3.8, 4) is 0 Å². The highest BCUT2D eigenvalue weighted by Crippen LogP contribution is 2.29. The number of anilines is 2. The van der Waals surface area contributed by atoms with Crippen molar-refractivity contribution in [3.63, 3.8) is 0 Å². The highest BCUT2D eigenvalue weighted by molar-refractivity contribution is 8.00. The second-order valence-electron chi connectivity index (χ2n) is 7.38. The van der Waals surface area contributed by atoms with Gasteiger partial charge in [-0.15, -0.1) is 11.8 Å². The van der Waals surface area contributed by atoms with Gasteiger partial charge >= 0.3 is 5.97 Å². The summed E-state index contributed by atoms with van der Waals surface area (Å²) in [7, 11) is 0. The summed E-state index contributed by atoms with van der Waals surface area (Å²) in [6, 6.07) is 18.7. The van der Waals surface area contributed by atoms with Gasteiger partial charge in [0.1, 0.15) is 0 Å². The van der Waals surface area contributed by atoms with Crippen LogP contribution >= 0.6 is 35.0 Å². The molecular weight excluding hydrogens is 495 g/mol. The maximum atomic E-state index is 12.8. The highest BCUT2D eigenvalue weighted by Gasteiger charge is 2.19. The number of rotatable bonds is 9. The van der Waals surface area contributed by atoms with E-state index >= 15 is 0 Å². The molecule has 176 valence electrons. The monoisotopic (exact) mass is 516 g/mol. The number of halogens is 2. The second-order valence-corrected chi connectivity index (χ2v) is 9.50. The minimum absolute atomic E-state index is 0.0813. The van der Waals surface area contributed by atoms with E-state index in [1.807, 2.05) is 25.1 Å². The van der Waals surface area contributed by atoms with Gasteiger partial charge in [-0.1, -0.05) is 48.3 Å². The normalized spacial score (nSPS) is 11.5. The fraction of sp³-hybridized carbons (Fsp3) is 0.160. The lowest BCUT2D eigenvalue weighted by Gasteiger charge is -2.16. The van der Waals surface area contributed by atoms with Gasteiger partial charge in [-0.2, -0.15) is 0 Å². The first-order valence-corrected chi connectivity index (χ1v) is 12.0. The summed E-state index contributed by atoms with van der Waals surface area (Å²) in [6.07, 6.45) is 0.761. The zero-order valence-electron chi connectivity index (χ0n) is 18.2. The lowest BCUT2D eigenvalue weighted by Crippen LogP contribution is -2.24. The van der Waals surface area contributed by atoms with Gasteiger partial charge in [-0.05, 0) is 60.5 Å². The van der Waals surface area contributed by atoms with Crippen LogP contribution in [0, 0.1) is 0 Å². The van der Waals surface area contributed by atoms with Crippen LogP contribution in [0.4, 0.5) is 11.4 Å². The number of carbonyl (C=O) groups excluding carboxylic acids is 2. The SMILES string of the molecule is CCC(Sc1cccc(NC(=O)Cc2ccc(Cl)cc2)c1)C(=O)Nc1ccc(Cl)c(C(=O)O)c1. The molecule has 2 amide bonds. The maximum absolute atomic E-state index is 12.8. The van der Waals surface area contributed by atoms with Gasteiger partial charge in [0, 0.05) is 21.3 Å². The van der Waals surface area contributed by atoms with E-state index in [1.165, 1.54) is 23.9 Å². The average Bonchev–Trinajstić information content (AvgIpc) is 2.80. The number of nitrogens with one attached hydrogen (secondary N) is 2. The van der Waals surface area contributed by atoms with Gasteiger partial charge in [0.05, 0.1) is 22.3 Å². The number of amides is 2. The molecule has 0 fully saturated rings. The Labute approximate surface area is 211 Å². The van der Waals surface area contributed by atoms with Crippen LogP contribution in [0.25, 0.3) is 0 Å². The highest BCUT2D eigenvalue weighted by atomic mass is 35.5. The zero-order valence-corrected chi connectivity index (χ0v) is 20.5. The summed E-state index contributed by atoms with van der Waals surface area (Å²) < 4.78 is 0. The molecule has 3 aromatic rings. The molecule has 3 aromatic carbocycles. The van der Waals surface area contributed by atoms with Crippen molar-refractivity contribution in [3.05, 3.63) is 87.9 Å². The molecule has 1 unspecified atom stereocenters. The van der Waals surface area contributed by atoms with Crippen LogP contribution in [0.5, 0.6) is 0 Å². The molecule has 0 saturated carbocycles. The molecule has 0 aliphatic rings. The molecule has 34 heavy (non-hydrogen) atoms. The first-order chi connectivity index (χ1) is 16.2. The van der Waals surface area contributed by atoms with E-state index in [0.29, 0.717) is 22.8 Å². The molecule has 1 atom stereocenters. The van der Waals surface area contributed by atoms with Crippen LogP contribution < -0.4 is 10.6 Å². The molecule has 0 aromatic heterocycles. The number of carboxylic acids is 1. The lowest BCUT2D eigenvalue weighted by molar-refractivity contribution is -0.116. The first-order valence-electron chi connectivity index (χ1n) is 10.4. The minimum atomic E-state index is -1.17. The number of hydrogen-bond acceptors (Lipinski definition) is 4. The quantitative estimate of drug-likeness (QED) is 0.286. The zero-order chi connectivity index (χ0) is 24.7. The van der Waals surface area contributed by atoms with Gasteiger partial charge in [-0.3, -0.25) is 9.59 Å². The number of thioether (sulfide) groups is 1. The Kier molecular flexibility index (Phi) is 8.98. The van der Waals surface area contributed by atoms with E-state index in [1.54, 1.807) is 36.4 Å². The van der Waals surface area contributed by atoms with Gasteiger partial charge in [0.25, 0.3) is 0 Å². The smallest absolute Gasteiger partial charge is 0.337 e. The summed E-state index contributed by atoms with van der Waals surface area (Å²) in [5, 5.41) is 15.1. The third kappa shape index (κ3) is 7.25. The summed E-state index contributed by atoms with van der Waals surface area (Å²) >= 11 is 13.1. The van der Waals surface area contributed by atoms with E-state index < -0.39 is 11.2 Å². The Morgan fingerprint density at radius 2 is 1.65 bits per heavy atom. The number of aromatic carboxylic acids is 1. The predicted molar refractivity (Wildman–Crippen MR) is 137 cm³/mol.